The van der Waals surface area contributed by atoms with Crippen molar-refractivity contribution in [3.05, 3.63) is 29.6 Å². The molecule has 0 fully saturated rings. The second-order valence-corrected chi connectivity index (χ2v) is 4.80. The summed E-state index contributed by atoms with van der Waals surface area (Å²) in [4.78, 5) is 24.6. The summed E-state index contributed by atoms with van der Waals surface area (Å²) in [6.07, 6.45) is -0.897. The fourth-order valence-electron chi connectivity index (χ4n) is 1.58. The minimum absolute atomic E-state index is 0.190. The molecule has 0 heterocycles. The number of aliphatic hydroxyl groups excluding tert-OH is 1. The van der Waals surface area contributed by atoms with Crippen molar-refractivity contribution in [2.75, 3.05) is 32.5 Å². The van der Waals surface area contributed by atoms with Gasteiger partial charge >= 0.3 is 11.8 Å². The maximum atomic E-state index is 13.3. The highest BCUT2D eigenvalue weighted by atomic mass is 19.2. The second kappa shape index (κ2) is 7.76. The molecule has 0 aliphatic heterocycles. The molecule has 0 saturated heterocycles. The molecule has 0 aliphatic carbocycles. The lowest BCUT2D eigenvalue weighted by Gasteiger charge is -2.16. The standard InChI is InChI=1S/C13H16F3N3O3/c1-19(2)6-7(20)5-17-12(21)13(22)18-9-4-3-8(14)10(15)11(9)16/h3-4,7,20H,5-6H2,1-2H3,(H,17,21)(H,18,22). The van der Waals surface area contributed by atoms with Crippen LogP contribution in [0.15, 0.2) is 12.1 Å². The molecule has 1 atom stereocenters. The van der Waals surface area contributed by atoms with Crippen molar-refractivity contribution in [1.29, 1.82) is 0 Å². The summed E-state index contributed by atoms with van der Waals surface area (Å²) < 4.78 is 39.0. The van der Waals surface area contributed by atoms with E-state index in [1.54, 1.807) is 19.0 Å². The van der Waals surface area contributed by atoms with Crippen molar-refractivity contribution in [3.8, 4) is 0 Å². The monoisotopic (exact) mass is 319 g/mol. The average Bonchev–Trinajstić information content (AvgIpc) is 2.44. The molecule has 0 spiro atoms. The average molecular weight is 319 g/mol. The molecule has 0 radical (unpaired) electrons. The van der Waals surface area contributed by atoms with Crippen LogP contribution in [-0.4, -0.2) is 55.1 Å². The zero-order valence-corrected chi connectivity index (χ0v) is 12.0. The quantitative estimate of drug-likeness (QED) is 0.530. The number of benzene rings is 1. The number of nitrogens with zero attached hydrogens (tertiary/aromatic N) is 1. The van der Waals surface area contributed by atoms with Gasteiger partial charge in [0.25, 0.3) is 0 Å². The molecule has 2 amide bonds. The van der Waals surface area contributed by atoms with Gasteiger partial charge in [0.2, 0.25) is 0 Å². The largest absolute Gasteiger partial charge is 0.390 e. The fraction of sp³-hybridized carbons (Fsp3) is 0.385. The molecule has 6 nitrogen and oxygen atoms in total. The number of amides is 2. The maximum Gasteiger partial charge on any atom is 0.313 e. The lowest BCUT2D eigenvalue weighted by Crippen LogP contribution is -2.42. The molecule has 1 rings (SSSR count). The summed E-state index contributed by atoms with van der Waals surface area (Å²) >= 11 is 0. The Morgan fingerprint density at radius 1 is 1.18 bits per heavy atom. The van der Waals surface area contributed by atoms with Gasteiger partial charge in [-0.15, -0.1) is 0 Å². The Balaban J connectivity index is 2.58. The van der Waals surface area contributed by atoms with Gasteiger partial charge in [-0.25, -0.2) is 13.2 Å². The summed E-state index contributed by atoms with van der Waals surface area (Å²) in [5, 5.41) is 13.5. The first-order valence-electron chi connectivity index (χ1n) is 6.27. The highest BCUT2D eigenvalue weighted by molar-refractivity contribution is 6.39. The number of halogens is 3. The Kier molecular flexibility index (Phi) is 6.32. The Morgan fingerprint density at radius 3 is 2.41 bits per heavy atom. The third kappa shape index (κ3) is 5.01. The molecule has 0 aromatic heterocycles. The molecule has 122 valence electrons. The van der Waals surface area contributed by atoms with Crippen LogP contribution in [0.5, 0.6) is 0 Å². The summed E-state index contributed by atoms with van der Waals surface area (Å²) in [5.74, 6) is -7.16. The molecule has 0 saturated carbocycles. The topological polar surface area (TPSA) is 81.7 Å². The second-order valence-electron chi connectivity index (χ2n) is 4.80. The predicted molar refractivity (Wildman–Crippen MR) is 72.5 cm³/mol. The van der Waals surface area contributed by atoms with Crippen molar-refractivity contribution in [2.24, 2.45) is 0 Å². The summed E-state index contributed by atoms with van der Waals surface area (Å²) in [7, 11) is 3.42. The first-order chi connectivity index (χ1) is 10.2. The van der Waals surface area contributed by atoms with Gasteiger partial charge in [-0.1, -0.05) is 0 Å². The van der Waals surface area contributed by atoms with Crippen LogP contribution < -0.4 is 10.6 Å². The molecule has 1 aromatic rings. The Morgan fingerprint density at radius 2 is 1.82 bits per heavy atom. The molecule has 22 heavy (non-hydrogen) atoms. The van der Waals surface area contributed by atoms with Crippen LogP contribution in [0.25, 0.3) is 0 Å². The number of aliphatic hydroxyl groups is 1. The van der Waals surface area contributed by atoms with E-state index < -0.39 is 41.1 Å². The van der Waals surface area contributed by atoms with E-state index in [0.717, 1.165) is 6.07 Å². The number of carbonyl (C=O) groups excluding carboxylic acids is 2. The van der Waals surface area contributed by atoms with Crippen LogP contribution >= 0.6 is 0 Å². The maximum absolute atomic E-state index is 13.3. The molecule has 1 aromatic carbocycles. The number of hydrogen-bond donors (Lipinski definition) is 3. The lowest BCUT2D eigenvalue weighted by molar-refractivity contribution is -0.136. The first-order valence-corrected chi connectivity index (χ1v) is 6.27. The Bertz CT molecular complexity index is 567. The molecule has 0 aliphatic rings. The Labute approximate surface area is 124 Å². The number of carbonyl (C=O) groups is 2. The van der Waals surface area contributed by atoms with E-state index in [2.05, 4.69) is 5.32 Å². The van der Waals surface area contributed by atoms with E-state index in [1.807, 2.05) is 5.32 Å². The van der Waals surface area contributed by atoms with Gasteiger partial charge in [-0.2, -0.15) is 0 Å². The van der Waals surface area contributed by atoms with Crippen molar-refractivity contribution in [3.63, 3.8) is 0 Å². The predicted octanol–water partition coefficient (Wildman–Crippen LogP) is 0.0811. The number of likely N-dealkylation sites (N-methyl/N-ethyl adjacent to an activating group) is 1. The zero-order valence-electron chi connectivity index (χ0n) is 12.0. The summed E-state index contributed by atoms with van der Waals surface area (Å²) in [6, 6.07) is 1.41. The highest BCUT2D eigenvalue weighted by Crippen LogP contribution is 2.19. The third-order valence-corrected chi connectivity index (χ3v) is 2.56. The van der Waals surface area contributed by atoms with Gasteiger partial charge in [0.1, 0.15) is 0 Å². The van der Waals surface area contributed by atoms with Crippen LogP contribution in [0.2, 0.25) is 0 Å². The summed E-state index contributed by atoms with van der Waals surface area (Å²) in [6.45, 7) is 0.0738. The van der Waals surface area contributed by atoms with Crippen molar-refractivity contribution < 1.29 is 27.9 Å². The van der Waals surface area contributed by atoms with E-state index in [4.69, 9.17) is 0 Å². The van der Waals surface area contributed by atoms with E-state index in [9.17, 15) is 27.9 Å². The lowest BCUT2D eigenvalue weighted by atomic mass is 10.2. The van der Waals surface area contributed by atoms with Gasteiger partial charge in [0, 0.05) is 13.1 Å². The van der Waals surface area contributed by atoms with Gasteiger partial charge in [-0.3, -0.25) is 9.59 Å². The first kappa shape index (κ1) is 17.9. The third-order valence-electron chi connectivity index (χ3n) is 2.56. The Hall–Kier alpha value is -2.13. The van der Waals surface area contributed by atoms with Crippen LogP contribution in [0.4, 0.5) is 18.9 Å². The van der Waals surface area contributed by atoms with Crippen molar-refractivity contribution in [1.82, 2.24) is 10.2 Å². The van der Waals surface area contributed by atoms with Crippen LogP contribution in [0.1, 0.15) is 0 Å². The van der Waals surface area contributed by atoms with Gasteiger partial charge < -0.3 is 20.6 Å². The number of rotatable bonds is 5. The van der Waals surface area contributed by atoms with E-state index in [-0.39, 0.29) is 13.1 Å². The van der Waals surface area contributed by atoms with Gasteiger partial charge in [0.05, 0.1) is 11.8 Å². The van der Waals surface area contributed by atoms with E-state index >= 15 is 0 Å². The fourth-order valence-corrected chi connectivity index (χ4v) is 1.58. The van der Waals surface area contributed by atoms with E-state index in [1.165, 1.54) is 0 Å². The van der Waals surface area contributed by atoms with Crippen molar-refractivity contribution >= 4 is 17.5 Å². The number of nitrogens with one attached hydrogen (secondary N) is 2. The minimum Gasteiger partial charge on any atom is -0.390 e. The highest BCUT2D eigenvalue weighted by Gasteiger charge is 2.19. The van der Waals surface area contributed by atoms with E-state index in [0.29, 0.717) is 6.07 Å². The van der Waals surface area contributed by atoms with Crippen molar-refractivity contribution in [2.45, 2.75) is 6.10 Å². The number of hydrogen-bond acceptors (Lipinski definition) is 4. The number of anilines is 1. The summed E-state index contributed by atoms with van der Waals surface area (Å²) in [5.41, 5.74) is -0.659. The molecule has 3 N–H and O–H groups in total. The molecule has 1 unspecified atom stereocenters. The van der Waals surface area contributed by atoms with Crippen LogP contribution in [0.3, 0.4) is 0 Å². The SMILES string of the molecule is CN(C)CC(O)CNC(=O)C(=O)Nc1ccc(F)c(F)c1F. The molecule has 0 bridgehead atoms. The molecular weight excluding hydrogens is 303 g/mol. The molecular formula is C13H16F3N3O3. The van der Waals surface area contributed by atoms with Crippen LogP contribution in [-0.2, 0) is 9.59 Å². The van der Waals surface area contributed by atoms with Crippen LogP contribution in [0, 0.1) is 17.5 Å². The normalized spacial score (nSPS) is 12.1. The van der Waals surface area contributed by atoms with Gasteiger partial charge in [-0.05, 0) is 26.2 Å². The smallest absolute Gasteiger partial charge is 0.313 e. The molecule has 9 heteroatoms. The minimum atomic E-state index is -1.75. The zero-order chi connectivity index (χ0) is 16.9. The van der Waals surface area contributed by atoms with Gasteiger partial charge in [0.15, 0.2) is 17.5 Å².